The van der Waals surface area contributed by atoms with E-state index < -0.39 is 0 Å². The number of aryl methyl sites for hydroxylation is 2. The molecule has 4 aliphatic rings. The standard InChI is InChI=1S/C21H30N6O/c1-11-17(12(2)27-20(23-11)25-19(22)26-27)7-18(28)24-13(3)21-8-14-4-15(9-21)6-16(5-14)10-21/h13-16H,4-10H2,1-3H3,(H2,22,26)(H,24,28). The number of hydrogen-bond donors (Lipinski definition) is 2. The number of nitrogens with one attached hydrogen (secondary N) is 1. The molecule has 4 saturated carbocycles. The lowest BCUT2D eigenvalue weighted by Crippen LogP contribution is -2.56. The quantitative estimate of drug-likeness (QED) is 0.847. The molecule has 2 aromatic rings. The molecule has 0 saturated heterocycles. The highest BCUT2D eigenvalue weighted by atomic mass is 16.1. The van der Waals surface area contributed by atoms with Gasteiger partial charge in [0.2, 0.25) is 11.9 Å². The topological polar surface area (TPSA) is 98.2 Å². The maximum Gasteiger partial charge on any atom is 0.254 e. The number of aromatic nitrogens is 4. The number of nitrogens with zero attached hydrogens (tertiary/aromatic N) is 4. The highest BCUT2D eigenvalue weighted by molar-refractivity contribution is 5.79. The van der Waals surface area contributed by atoms with Gasteiger partial charge >= 0.3 is 0 Å². The number of hydrogen-bond acceptors (Lipinski definition) is 5. The highest BCUT2D eigenvalue weighted by Crippen LogP contribution is 2.61. The normalized spacial score (nSPS) is 32.0. The SMILES string of the molecule is Cc1nc2nc(N)nn2c(C)c1CC(=O)NC(C)C12CC3CC(CC(C3)C1)C2. The van der Waals surface area contributed by atoms with Crippen LogP contribution in [-0.2, 0) is 11.2 Å². The van der Waals surface area contributed by atoms with Crippen LogP contribution in [0.1, 0.15) is 62.4 Å². The zero-order valence-corrected chi connectivity index (χ0v) is 17.0. The van der Waals surface area contributed by atoms with Crippen LogP contribution in [0.15, 0.2) is 0 Å². The van der Waals surface area contributed by atoms with Crippen molar-refractivity contribution in [1.82, 2.24) is 24.9 Å². The number of rotatable bonds is 4. The number of carbonyl (C=O) groups excluding carboxylic acids is 1. The number of carbonyl (C=O) groups is 1. The van der Waals surface area contributed by atoms with Crippen LogP contribution in [0, 0.1) is 37.0 Å². The van der Waals surface area contributed by atoms with Crippen LogP contribution in [0.25, 0.3) is 5.78 Å². The summed E-state index contributed by atoms with van der Waals surface area (Å²) in [5, 5.41) is 7.56. The lowest BCUT2D eigenvalue weighted by molar-refractivity contribution is -0.125. The summed E-state index contributed by atoms with van der Waals surface area (Å²) in [6.07, 6.45) is 8.47. The van der Waals surface area contributed by atoms with Gasteiger partial charge in [0.15, 0.2) is 0 Å². The van der Waals surface area contributed by atoms with Crippen LogP contribution >= 0.6 is 0 Å². The van der Waals surface area contributed by atoms with Gasteiger partial charge in [0.05, 0.1) is 6.42 Å². The summed E-state index contributed by atoms with van der Waals surface area (Å²) in [6.45, 7) is 6.09. The molecule has 4 bridgehead atoms. The molecule has 28 heavy (non-hydrogen) atoms. The molecule has 0 spiro atoms. The first kappa shape index (κ1) is 17.9. The second-order valence-corrected chi connectivity index (χ2v) is 9.69. The van der Waals surface area contributed by atoms with Crippen LogP contribution in [0.3, 0.4) is 0 Å². The smallest absolute Gasteiger partial charge is 0.254 e. The third-order valence-corrected chi connectivity index (χ3v) is 7.78. The monoisotopic (exact) mass is 382 g/mol. The maximum atomic E-state index is 13.0. The molecular weight excluding hydrogens is 352 g/mol. The molecule has 4 aliphatic carbocycles. The second-order valence-electron chi connectivity index (χ2n) is 9.69. The third kappa shape index (κ3) is 2.78. The molecule has 1 unspecified atom stereocenters. The Labute approximate surface area is 165 Å². The predicted molar refractivity (Wildman–Crippen MR) is 107 cm³/mol. The van der Waals surface area contributed by atoms with E-state index in [0.29, 0.717) is 17.6 Å². The average Bonchev–Trinajstić information content (AvgIpc) is 2.98. The van der Waals surface area contributed by atoms with Crippen molar-refractivity contribution in [2.75, 3.05) is 5.73 Å². The number of anilines is 1. The summed E-state index contributed by atoms with van der Waals surface area (Å²) in [7, 11) is 0. The van der Waals surface area contributed by atoms with Gasteiger partial charge in [-0.1, -0.05) is 0 Å². The van der Waals surface area contributed by atoms with Gasteiger partial charge in [0.1, 0.15) is 0 Å². The molecule has 7 nitrogen and oxygen atoms in total. The molecule has 7 heteroatoms. The van der Waals surface area contributed by atoms with Gasteiger partial charge in [0.25, 0.3) is 5.78 Å². The van der Waals surface area contributed by atoms with E-state index in [2.05, 4.69) is 27.3 Å². The molecular formula is C21H30N6O. The Hall–Kier alpha value is -2.18. The minimum absolute atomic E-state index is 0.0729. The maximum absolute atomic E-state index is 13.0. The first-order valence-corrected chi connectivity index (χ1v) is 10.6. The van der Waals surface area contributed by atoms with Gasteiger partial charge in [-0.25, -0.2) is 4.98 Å². The number of nitrogen functional groups attached to an aromatic ring is 1. The summed E-state index contributed by atoms with van der Waals surface area (Å²) in [6, 6.07) is 0.229. The van der Waals surface area contributed by atoms with Crippen molar-refractivity contribution in [3.8, 4) is 0 Å². The molecule has 2 aromatic heterocycles. The third-order valence-electron chi connectivity index (χ3n) is 7.78. The minimum Gasteiger partial charge on any atom is -0.366 e. The Bertz CT molecular complexity index is 913. The van der Waals surface area contributed by atoms with Crippen LogP contribution in [0.4, 0.5) is 5.95 Å². The van der Waals surface area contributed by atoms with E-state index in [1.54, 1.807) is 4.52 Å². The Morgan fingerprint density at radius 1 is 1.18 bits per heavy atom. The Kier molecular flexibility index (Phi) is 3.93. The summed E-state index contributed by atoms with van der Waals surface area (Å²) in [4.78, 5) is 21.6. The largest absolute Gasteiger partial charge is 0.366 e. The van der Waals surface area contributed by atoms with Gasteiger partial charge in [-0.3, -0.25) is 4.79 Å². The molecule has 1 atom stereocenters. The number of fused-ring (bicyclic) bond motifs is 1. The fourth-order valence-electron chi connectivity index (χ4n) is 6.79. The van der Waals surface area contributed by atoms with Crippen molar-refractivity contribution in [3.63, 3.8) is 0 Å². The molecule has 0 radical (unpaired) electrons. The van der Waals surface area contributed by atoms with Crippen LogP contribution < -0.4 is 11.1 Å². The Balaban J connectivity index is 1.33. The lowest BCUT2D eigenvalue weighted by atomic mass is 9.48. The van der Waals surface area contributed by atoms with E-state index in [4.69, 9.17) is 5.73 Å². The zero-order chi connectivity index (χ0) is 19.6. The number of nitrogens with two attached hydrogens (primary N) is 1. The first-order valence-electron chi connectivity index (χ1n) is 10.6. The van der Waals surface area contributed by atoms with E-state index in [-0.39, 0.29) is 17.9 Å². The summed E-state index contributed by atoms with van der Waals surface area (Å²) in [5.74, 6) is 3.42. The second kappa shape index (κ2) is 6.16. The van der Waals surface area contributed by atoms with Crippen LogP contribution in [0.2, 0.25) is 0 Å². The van der Waals surface area contributed by atoms with Crippen LogP contribution in [0.5, 0.6) is 0 Å². The van der Waals surface area contributed by atoms with Crippen molar-refractivity contribution < 1.29 is 4.79 Å². The van der Waals surface area contributed by atoms with Crippen molar-refractivity contribution in [1.29, 1.82) is 0 Å². The Morgan fingerprint density at radius 3 is 2.39 bits per heavy atom. The van der Waals surface area contributed by atoms with E-state index >= 15 is 0 Å². The van der Waals surface area contributed by atoms with Gasteiger partial charge in [-0.2, -0.15) is 9.50 Å². The van der Waals surface area contributed by atoms with Gasteiger partial charge < -0.3 is 11.1 Å². The van der Waals surface area contributed by atoms with Crippen LogP contribution in [-0.4, -0.2) is 31.5 Å². The van der Waals surface area contributed by atoms with Crippen molar-refractivity contribution in [2.45, 2.75) is 71.8 Å². The minimum atomic E-state index is 0.0729. The average molecular weight is 383 g/mol. The van der Waals surface area contributed by atoms with E-state index in [9.17, 15) is 4.79 Å². The summed E-state index contributed by atoms with van der Waals surface area (Å²) in [5.41, 5.74) is 8.63. The first-order chi connectivity index (χ1) is 13.3. The van der Waals surface area contributed by atoms with E-state index in [0.717, 1.165) is 34.7 Å². The molecule has 4 fully saturated rings. The summed E-state index contributed by atoms with van der Waals surface area (Å²) < 4.78 is 1.63. The van der Waals surface area contributed by atoms with Crippen molar-refractivity contribution in [3.05, 3.63) is 17.0 Å². The van der Waals surface area contributed by atoms with Gasteiger partial charge in [-0.15, -0.1) is 5.10 Å². The fraction of sp³-hybridized carbons (Fsp3) is 0.714. The fourth-order valence-corrected chi connectivity index (χ4v) is 6.79. The van der Waals surface area contributed by atoms with Crippen molar-refractivity contribution >= 4 is 17.6 Å². The molecule has 1 amide bonds. The molecule has 3 N–H and O–H groups in total. The van der Waals surface area contributed by atoms with E-state index in [1.807, 2.05) is 13.8 Å². The summed E-state index contributed by atoms with van der Waals surface area (Å²) >= 11 is 0. The van der Waals surface area contributed by atoms with Gasteiger partial charge in [0, 0.05) is 23.0 Å². The van der Waals surface area contributed by atoms with E-state index in [1.165, 1.54) is 38.5 Å². The molecule has 0 aliphatic heterocycles. The molecule has 0 aromatic carbocycles. The molecule has 2 heterocycles. The number of amides is 1. The molecule has 150 valence electrons. The Morgan fingerprint density at radius 2 is 1.79 bits per heavy atom. The zero-order valence-electron chi connectivity index (χ0n) is 17.0. The lowest BCUT2D eigenvalue weighted by Gasteiger charge is -2.59. The predicted octanol–water partition coefficient (Wildman–Crippen LogP) is 2.59. The van der Waals surface area contributed by atoms with Gasteiger partial charge in [-0.05, 0) is 82.5 Å². The van der Waals surface area contributed by atoms with Crippen molar-refractivity contribution in [2.24, 2.45) is 23.2 Å². The highest BCUT2D eigenvalue weighted by Gasteiger charge is 2.53. The molecule has 6 rings (SSSR count).